The number of benzene rings is 2. The van der Waals surface area contributed by atoms with E-state index in [0.717, 1.165) is 48.4 Å². The fraction of sp³-hybridized carbons (Fsp3) is 0.400. The van der Waals surface area contributed by atoms with Crippen LogP contribution >= 0.6 is 0 Å². The van der Waals surface area contributed by atoms with Crippen LogP contribution in [0, 0.1) is 12.7 Å². The lowest BCUT2D eigenvalue weighted by Crippen LogP contribution is -2.48. The fourth-order valence-corrected chi connectivity index (χ4v) is 4.94. The van der Waals surface area contributed by atoms with E-state index >= 15 is 0 Å². The third-order valence-electron chi connectivity index (χ3n) is 6.70. The van der Waals surface area contributed by atoms with Crippen LogP contribution in [0.5, 0.6) is 5.75 Å². The number of rotatable bonds is 5. The highest BCUT2D eigenvalue weighted by molar-refractivity contribution is 5.86. The van der Waals surface area contributed by atoms with Crippen molar-refractivity contribution in [1.82, 2.24) is 4.98 Å². The van der Waals surface area contributed by atoms with E-state index in [4.69, 9.17) is 10.5 Å². The molecule has 1 atom stereocenters. The summed E-state index contributed by atoms with van der Waals surface area (Å²) in [6.07, 6.45) is 8.01. The third kappa shape index (κ3) is 3.62. The Morgan fingerprint density at radius 3 is 2.62 bits per heavy atom. The quantitative estimate of drug-likeness (QED) is 0.608. The molecule has 0 spiro atoms. The summed E-state index contributed by atoms with van der Waals surface area (Å²) >= 11 is 0. The van der Waals surface area contributed by atoms with Gasteiger partial charge >= 0.3 is 0 Å². The van der Waals surface area contributed by atoms with Gasteiger partial charge in [-0.15, -0.1) is 0 Å². The first-order valence-corrected chi connectivity index (χ1v) is 10.6. The summed E-state index contributed by atoms with van der Waals surface area (Å²) in [5.74, 6) is 0.0638. The molecule has 29 heavy (non-hydrogen) atoms. The second-order valence-electron chi connectivity index (χ2n) is 8.26. The van der Waals surface area contributed by atoms with E-state index in [1.54, 1.807) is 12.4 Å². The van der Waals surface area contributed by atoms with Crippen molar-refractivity contribution >= 4 is 10.8 Å². The number of ether oxygens (including phenoxy) is 1. The van der Waals surface area contributed by atoms with Crippen molar-refractivity contribution in [3.8, 4) is 5.75 Å². The molecule has 1 saturated carbocycles. The Hall–Kier alpha value is -2.46. The van der Waals surface area contributed by atoms with Crippen LogP contribution < -0.4 is 10.5 Å². The summed E-state index contributed by atoms with van der Waals surface area (Å²) < 4.78 is 21.0. The standard InChI is InChI=1S/C25H29FN2O/c1-3-23(27)25(19-7-5-4-6-8-19)12-9-20(10-13-25)29-24-17(2)21-11-14-28-16-18(21)15-22(24)26/h4-8,11,14-16,20,23H,3,9-10,12-13,27H2,1-2H3/t20-,23?,25+. The van der Waals surface area contributed by atoms with Crippen molar-refractivity contribution in [2.45, 2.75) is 63.5 Å². The Morgan fingerprint density at radius 2 is 1.93 bits per heavy atom. The molecule has 0 amide bonds. The smallest absolute Gasteiger partial charge is 0.166 e. The van der Waals surface area contributed by atoms with Crippen LogP contribution in [0.25, 0.3) is 10.8 Å². The van der Waals surface area contributed by atoms with Gasteiger partial charge in [-0.1, -0.05) is 37.3 Å². The Balaban J connectivity index is 1.56. The van der Waals surface area contributed by atoms with Crippen LogP contribution in [0.2, 0.25) is 0 Å². The molecule has 1 aromatic heterocycles. The summed E-state index contributed by atoms with van der Waals surface area (Å²) in [6, 6.07) is 14.2. The van der Waals surface area contributed by atoms with Gasteiger partial charge in [0.15, 0.2) is 11.6 Å². The predicted octanol–water partition coefficient (Wildman–Crippen LogP) is 5.68. The van der Waals surface area contributed by atoms with E-state index in [-0.39, 0.29) is 23.4 Å². The van der Waals surface area contributed by atoms with Gasteiger partial charge in [0.25, 0.3) is 0 Å². The lowest BCUT2D eigenvalue weighted by Gasteiger charge is -2.44. The van der Waals surface area contributed by atoms with E-state index in [1.165, 1.54) is 11.6 Å². The van der Waals surface area contributed by atoms with Crippen molar-refractivity contribution in [3.05, 3.63) is 71.8 Å². The molecule has 0 radical (unpaired) electrons. The fourth-order valence-electron chi connectivity index (χ4n) is 4.94. The van der Waals surface area contributed by atoms with Crippen LogP contribution in [0.4, 0.5) is 4.39 Å². The van der Waals surface area contributed by atoms with Crippen LogP contribution in [0.15, 0.2) is 54.9 Å². The molecule has 1 heterocycles. The van der Waals surface area contributed by atoms with Crippen LogP contribution in [-0.4, -0.2) is 17.1 Å². The summed E-state index contributed by atoms with van der Waals surface area (Å²) in [6.45, 7) is 4.07. The van der Waals surface area contributed by atoms with E-state index < -0.39 is 0 Å². The number of fused-ring (bicyclic) bond motifs is 1. The topological polar surface area (TPSA) is 48.1 Å². The lowest BCUT2D eigenvalue weighted by molar-refractivity contribution is 0.0994. The molecule has 4 rings (SSSR count). The van der Waals surface area contributed by atoms with Gasteiger partial charge < -0.3 is 10.5 Å². The zero-order valence-electron chi connectivity index (χ0n) is 17.2. The highest BCUT2D eigenvalue weighted by Crippen LogP contribution is 2.44. The van der Waals surface area contributed by atoms with Crippen molar-refractivity contribution in [1.29, 1.82) is 0 Å². The molecule has 1 fully saturated rings. The molecule has 4 heteroatoms. The zero-order valence-corrected chi connectivity index (χ0v) is 17.2. The van der Waals surface area contributed by atoms with Gasteiger partial charge in [-0.2, -0.15) is 0 Å². The van der Waals surface area contributed by atoms with Gasteiger partial charge in [0.05, 0.1) is 6.10 Å². The predicted molar refractivity (Wildman–Crippen MR) is 116 cm³/mol. The Bertz CT molecular complexity index is 981. The average molecular weight is 393 g/mol. The lowest BCUT2D eigenvalue weighted by atomic mass is 9.64. The van der Waals surface area contributed by atoms with Gasteiger partial charge in [-0.3, -0.25) is 4.98 Å². The zero-order chi connectivity index (χ0) is 20.4. The minimum Gasteiger partial charge on any atom is -0.487 e. The van der Waals surface area contributed by atoms with Gasteiger partial charge in [0.1, 0.15) is 0 Å². The highest BCUT2D eigenvalue weighted by Gasteiger charge is 2.41. The number of nitrogens with two attached hydrogens (primary N) is 1. The number of pyridine rings is 1. The van der Waals surface area contributed by atoms with Crippen LogP contribution in [0.3, 0.4) is 0 Å². The molecule has 1 aliphatic carbocycles. The Kier molecular flexibility index (Phi) is 5.55. The molecule has 0 aliphatic heterocycles. The largest absolute Gasteiger partial charge is 0.487 e. The second kappa shape index (κ2) is 8.11. The maximum Gasteiger partial charge on any atom is 0.166 e. The van der Waals surface area contributed by atoms with Crippen molar-refractivity contribution < 1.29 is 9.13 Å². The summed E-state index contributed by atoms with van der Waals surface area (Å²) in [5, 5.41) is 1.79. The molecule has 0 bridgehead atoms. The Labute approximate surface area is 172 Å². The number of halogens is 1. The SMILES string of the molecule is CCC(N)[C@]1(c2ccccc2)CC[C@H](Oc2c(F)cc3cnccc3c2C)CC1. The van der Waals surface area contributed by atoms with Crippen molar-refractivity contribution in [2.75, 3.05) is 0 Å². The van der Waals surface area contributed by atoms with Gasteiger partial charge in [-0.25, -0.2) is 4.39 Å². The highest BCUT2D eigenvalue weighted by atomic mass is 19.1. The monoisotopic (exact) mass is 392 g/mol. The number of aromatic nitrogens is 1. The first-order chi connectivity index (χ1) is 14.0. The van der Waals surface area contributed by atoms with E-state index in [0.29, 0.717) is 5.75 Å². The van der Waals surface area contributed by atoms with Gasteiger partial charge in [0.2, 0.25) is 0 Å². The molecule has 1 unspecified atom stereocenters. The maximum absolute atomic E-state index is 14.8. The van der Waals surface area contributed by atoms with Crippen molar-refractivity contribution in [2.24, 2.45) is 5.73 Å². The number of nitrogens with zero attached hydrogens (tertiary/aromatic N) is 1. The first kappa shape index (κ1) is 19.8. The second-order valence-corrected chi connectivity index (χ2v) is 8.26. The van der Waals surface area contributed by atoms with E-state index in [9.17, 15) is 4.39 Å². The Morgan fingerprint density at radius 1 is 1.21 bits per heavy atom. The van der Waals surface area contributed by atoms with E-state index in [2.05, 4.69) is 36.2 Å². The molecule has 1 aliphatic rings. The number of hydrogen-bond acceptors (Lipinski definition) is 3. The summed E-state index contributed by atoms with van der Waals surface area (Å²) in [4.78, 5) is 4.09. The minimum atomic E-state index is -0.312. The van der Waals surface area contributed by atoms with Crippen LogP contribution in [-0.2, 0) is 5.41 Å². The third-order valence-corrected chi connectivity index (χ3v) is 6.70. The number of hydrogen-bond donors (Lipinski definition) is 1. The molecular weight excluding hydrogens is 363 g/mol. The first-order valence-electron chi connectivity index (χ1n) is 10.6. The molecular formula is C25H29FN2O. The van der Waals surface area contributed by atoms with E-state index in [1.807, 2.05) is 19.1 Å². The molecule has 3 aromatic rings. The normalized spacial score (nSPS) is 23.1. The van der Waals surface area contributed by atoms with Crippen LogP contribution in [0.1, 0.15) is 50.2 Å². The average Bonchev–Trinajstić information content (AvgIpc) is 2.77. The minimum absolute atomic E-state index is 0.00313. The van der Waals surface area contributed by atoms with Gasteiger partial charge in [0, 0.05) is 34.8 Å². The summed E-state index contributed by atoms with van der Waals surface area (Å²) in [5.41, 5.74) is 8.74. The molecule has 2 N–H and O–H groups in total. The van der Waals surface area contributed by atoms with Crippen molar-refractivity contribution in [3.63, 3.8) is 0 Å². The summed E-state index contributed by atoms with van der Waals surface area (Å²) in [7, 11) is 0. The molecule has 0 saturated heterocycles. The molecule has 152 valence electrons. The molecule has 2 aromatic carbocycles. The molecule has 3 nitrogen and oxygen atoms in total. The van der Waals surface area contributed by atoms with Gasteiger partial charge in [-0.05, 0) is 62.1 Å². The maximum atomic E-state index is 14.8. The number of aryl methyl sites for hydroxylation is 1.